The van der Waals surface area contributed by atoms with E-state index in [4.69, 9.17) is 14.9 Å². The first-order chi connectivity index (χ1) is 12.0. The summed E-state index contributed by atoms with van der Waals surface area (Å²) >= 11 is 0. The lowest BCUT2D eigenvalue weighted by Crippen LogP contribution is -2.09. The van der Waals surface area contributed by atoms with Crippen LogP contribution in [0.4, 0.5) is 0 Å². The van der Waals surface area contributed by atoms with Crippen LogP contribution in [0, 0.1) is 0 Å². The maximum atomic E-state index is 11.0. The van der Waals surface area contributed by atoms with Crippen LogP contribution >= 0.6 is 0 Å². The summed E-state index contributed by atoms with van der Waals surface area (Å²) in [6.45, 7) is 2.66. The number of ether oxygens (including phenoxy) is 1. The number of nitrogens with zero attached hydrogens (tertiary/aromatic N) is 1. The Morgan fingerprint density at radius 2 is 1.28 bits per heavy atom. The molecule has 25 heavy (non-hydrogen) atoms. The second kappa shape index (κ2) is 12.3. The van der Waals surface area contributed by atoms with Crippen LogP contribution in [0.25, 0.3) is 0 Å². The third-order valence-corrected chi connectivity index (χ3v) is 4.00. The molecule has 0 aliphatic rings. The SMILES string of the molecule is CCCCCCCCCCCCOc1cc(C(=O)O)nc(C(=O)O)c1. The van der Waals surface area contributed by atoms with Gasteiger partial charge in [-0.25, -0.2) is 14.6 Å². The monoisotopic (exact) mass is 351 g/mol. The highest BCUT2D eigenvalue weighted by Gasteiger charge is 2.13. The van der Waals surface area contributed by atoms with Gasteiger partial charge in [-0.15, -0.1) is 0 Å². The molecule has 2 N–H and O–H groups in total. The number of carboxylic acid groups (broad SMARTS) is 2. The molecule has 0 aromatic carbocycles. The van der Waals surface area contributed by atoms with Gasteiger partial charge in [0.1, 0.15) is 5.75 Å². The van der Waals surface area contributed by atoms with Gasteiger partial charge in [0.2, 0.25) is 0 Å². The largest absolute Gasteiger partial charge is 0.493 e. The van der Waals surface area contributed by atoms with E-state index in [1.165, 1.54) is 57.1 Å². The Balaban J connectivity index is 2.21. The minimum Gasteiger partial charge on any atom is -0.493 e. The lowest BCUT2D eigenvalue weighted by molar-refractivity contribution is 0.0684. The lowest BCUT2D eigenvalue weighted by Gasteiger charge is -2.08. The minimum absolute atomic E-state index is 0.237. The van der Waals surface area contributed by atoms with Crippen molar-refractivity contribution < 1.29 is 24.5 Å². The molecule has 0 atom stereocenters. The fourth-order valence-electron chi connectivity index (χ4n) is 2.59. The molecule has 0 amide bonds. The molecule has 0 aliphatic carbocycles. The van der Waals surface area contributed by atoms with Crippen molar-refractivity contribution in [2.45, 2.75) is 71.1 Å². The van der Waals surface area contributed by atoms with Crippen LogP contribution < -0.4 is 4.74 Å². The molecule has 140 valence electrons. The zero-order chi connectivity index (χ0) is 18.5. The average Bonchev–Trinajstić information content (AvgIpc) is 2.59. The number of pyridine rings is 1. The average molecular weight is 351 g/mol. The number of carboxylic acids is 2. The van der Waals surface area contributed by atoms with Crippen LogP contribution in [0.3, 0.4) is 0 Å². The Morgan fingerprint density at radius 3 is 1.72 bits per heavy atom. The Bertz CT molecular complexity index is 512. The van der Waals surface area contributed by atoms with Crippen LogP contribution in [0.15, 0.2) is 12.1 Å². The van der Waals surface area contributed by atoms with E-state index in [0.29, 0.717) is 6.61 Å². The zero-order valence-corrected chi connectivity index (χ0v) is 15.0. The predicted octanol–water partition coefficient (Wildman–Crippen LogP) is 4.78. The number of unbranched alkanes of at least 4 members (excludes halogenated alkanes) is 9. The van der Waals surface area contributed by atoms with Crippen LogP contribution in [-0.2, 0) is 0 Å². The minimum atomic E-state index is -1.27. The smallest absolute Gasteiger partial charge is 0.354 e. The fraction of sp³-hybridized carbons (Fsp3) is 0.632. The molecule has 6 heteroatoms. The standard InChI is InChI=1S/C19H29NO5/c1-2-3-4-5-6-7-8-9-10-11-12-25-15-13-16(18(21)22)20-17(14-15)19(23)24/h13-14H,2-12H2,1H3,(H,21,22)(H,23,24). The van der Waals surface area contributed by atoms with Crippen LogP contribution in [0.1, 0.15) is 92.1 Å². The van der Waals surface area contributed by atoms with Crippen molar-refractivity contribution in [1.29, 1.82) is 0 Å². The van der Waals surface area contributed by atoms with Crippen molar-refractivity contribution in [2.24, 2.45) is 0 Å². The number of hydrogen-bond donors (Lipinski definition) is 2. The van der Waals surface area contributed by atoms with Gasteiger partial charge in [0, 0.05) is 12.1 Å². The van der Waals surface area contributed by atoms with Crippen LogP contribution in [-0.4, -0.2) is 33.7 Å². The van der Waals surface area contributed by atoms with Crippen molar-refractivity contribution in [3.63, 3.8) is 0 Å². The molecule has 0 bridgehead atoms. The first-order valence-electron chi connectivity index (χ1n) is 9.16. The molecule has 0 unspecified atom stereocenters. The molecule has 1 rings (SSSR count). The third kappa shape index (κ3) is 9.08. The summed E-state index contributed by atoms with van der Waals surface area (Å²) in [6, 6.07) is 2.51. The van der Waals surface area contributed by atoms with Gasteiger partial charge in [-0.2, -0.15) is 0 Å². The van der Waals surface area contributed by atoms with Gasteiger partial charge >= 0.3 is 11.9 Å². The molecule has 6 nitrogen and oxygen atoms in total. The fourth-order valence-corrected chi connectivity index (χ4v) is 2.59. The molecule has 1 aromatic rings. The normalized spacial score (nSPS) is 10.6. The number of aromatic nitrogens is 1. The Labute approximate surface area is 149 Å². The topological polar surface area (TPSA) is 96.7 Å². The van der Waals surface area contributed by atoms with Gasteiger partial charge in [-0.05, 0) is 6.42 Å². The van der Waals surface area contributed by atoms with E-state index in [-0.39, 0.29) is 17.1 Å². The molecule has 1 heterocycles. The summed E-state index contributed by atoms with van der Waals surface area (Å²) < 4.78 is 5.49. The Kier molecular flexibility index (Phi) is 10.3. The summed E-state index contributed by atoms with van der Waals surface area (Å²) in [5.74, 6) is -2.31. The molecule has 0 saturated carbocycles. The lowest BCUT2D eigenvalue weighted by atomic mass is 10.1. The van der Waals surface area contributed by atoms with Crippen molar-refractivity contribution >= 4 is 11.9 Å². The highest BCUT2D eigenvalue weighted by molar-refractivity contribution is 5.90. The molecule has 0 saturated heterocycles. The summed E-state index contributed by atoms with van der Waals surface area (Å²) in [5, 5.41) is 17.9. The predicted molar refractivity (Wildman–Crippen MR) is 95.5 cm³/mol. The maximum Gasteiger partial charge on any atom is 0.354 e. The maximum absolute atomic E-state index is 11.0. The molecule has 0 fully saturated rings. The number of rotatable bonds is 14. The first kappa shape index (κ1) is 20.9. The Morgan fingerprint density at radius 1 is 0.840 bits per heavy atom. The summed E-state index contributed by atoms with van der Waals surface area (Å²) in [4.78, 5) is 25.5. The molecule has 1 aromatic heterocycles. The highest BCUT2D eigenvalue weighted by atomic mass is 16.5. The molecule has 0 radical (unpaired) electrons. The summed E-state index contributed by atoms with van der Waals surface area (Å²) in [7, 11) is 0. The van der Waals surface area contributed by atoms with Gasteiger partial charge in [0.25, 0.3) is 0 Å². The van der Waals surface area contributed by atoms with Gasteiger partial charge in [-0.3, -0.25) is 0 Å². The van der Waals surface area contributed by atoms with Crippen molar-refractivity contribution in [3.05, 3.63) is 23.5 Å². The second-order valence-corrected chi connectivity index (χ2v) is 6.21. The molecule has 0 aliphatic heterocycles. The number of aromatic carboxylic acids is 2. The molecular weight excluding hydrogens is 322 g/mol. The second-order valence-electron chi connectivity index (χ2n) is 6.21. The van der Waals surface area contributed by atoms with Crippen molar-refractivity contribution in [3.8, 4) is 5.75 Å². The van der Waals surface area contributed by atoms with Crippen molar-refractivity contribution in [1.82, 2.24) is 4.98 Å². The van der Waals surface area contributed by atoms with Gasteiger partial charge in [-0.1, -0.05) is 64.7 Å². The summed E-state index contributed by atoms with van der Waals surface area (Å²) in [5.41, 5.74) is -0.643. The van der Waals surface area contributed by atoms with E-state index in [1.54, 1.807) is 0 Å². The quantitative estimate of drug-likeness (QED) is 0.468. The number of carbonyl (C=O) groups is 2. The van der Waals surface area contributed by atoms with Gasteiger partial charge < -0.3 is 14.9 Å². The van der Waals surface area contributed by atoms with E-state index < -0.39 is 11.9 Å². The molecule has 0 spiro atoms. The highest BCUT2D eigenvalue weighted by Crippen LogP contribution is 2.16. The zero-order valence-electron chi connectivity index (χ0n) is 15.0. The molecular formula is C19H29NO5. The van der Waals surface area contributed by atoms with E-state index in [2.05, 4.69) is 11.9 Å². The Hall–Kier alpha value is -2.11. The van der Waals surface area contributed by atoms with Gasteiger partial charge in [0.15, 0.2) is 11.4 Å². The van der Waals surface area contributed by atoms with Crippen LogP contribution in [0.2, 0.25) is 0 Å². The van der Waals surface area contributed by atoms with E-state index in [0.717, 1.165) is 19.3 Å². The van der Waals surface area contributed by atoms with E-state index in [1.807, 2.05) is 0 Å². The van der Waals surface area contributed by atoms with E-state index >= 15 is 0 Å². The third-order valence-electron chi connectivity index (χ3n) is 4.00. The van der Waals surface area contributed by atoms with Crippen LogP contribution in [0.5, 0.6) is 5.75 Å². The van der Waals surface area contributed by atoms with Gasteiger partial charge in [0.05, 0.1) is 6.61 Å². The van der Waals surface area contributed by atoms with Crippen molar-refractivity contribution in [2.75, 3.05) is 6.61 Å². The summed E-state index contributed by atoms with van der Waals surface area (Å²) in [6.07, 6.45) is 12.2. The number of hydrogen-bond acceptors (Lipinski definition) is 4. The first-order valence-corrected chi connectivity index (χ1v) is 9.16. The van der Waals surface area contributed by atoms with E-state index in [9.17, 15) is 9.59 Å².